The Morgan fingerprint density at radius 2 is 2.11 bits per heavy atom. The van der Waals surface area contributed by atoms with Crippen LogP contribution < -0.4 is 10.6 Å². The number of aromatic nitrogens is 6. The van der Waals surface area contributed by atoms with Crippen molar-refractivity contribution >= 4 is 28.8 Å². The number of fused-ring (bicyclic) bond motifs is 2. The number of aliphatic hydroxyl groups is 1. The van der Waals surface area contributed by atoms with Crippen LogP contribution in [0.5, 0.6) is 0 Å². The number of aliphatic hydroxyl groups excluding tert-OH is 1. The van der Waals surface area contributed by atoms with Crippen LogP contribution in [-0.4, -0.2) is 83.8 Å². The van der Waals surface area contributed by atoms with Gasteiger partial charge in [0.1, 0.15) is 17.8 Å². The summed E-state index contributed by atoms with van der Waals surface area (Å²) in [6.07, 6.45) is 1.58. The summed E-state index contributed by atoms with van der Waals surface area (Å²) >= 11 is 0. The second kappa shape index (κ2) is 9.59. The number of halogens is 3. The third-order valence-corrected chi connectivity index (χ3v) is 6.50. The predicted molar refractivity (Wildman–Crippen MR) is 134 cm³/mol. The number of imidazole rings is 1. The molecule has 0 spiro atoms. The number of anilines is 2. The number of nitrogens with one attached hydrogen (secondary N) is 2. The van der Waals surface area contributed by atoms with E-state index in [2.05, 4.69) is 37.4 Å². The molecule has 200 valence electrons. The van der Waals surface area contributed by atoms with E-state index >= 15 is 0 Å². The minimum atomic E-state index is -3.26. The van der Waals surface area contributed by atoms with Crippen molar-refractivity contribution in [3.8, 4) is 11.3 Å². The molecule has 0 aromatic carbocycles. The zero-order chi connectivity index (χ0) is 27.2. The molecule has 1 unspecified atom stereocenters. The first-order chi connectivity index (χ1) is 18.1. The lowest BCUT2D eigenvalue weighted by molar-refractivity contribution is -0.145. The van der Waals surface area contributed by atoms with E-state index in [1.54, 1.807) is 38.4 Å². The van der Waals surface area contributed by atoms with Gasteiger partial charge in [-0.2, -0.15) is 10.1 Å². The fourth-order valence-corrected chi connectivity index (χ4v) is 4.51. The standard InChI is InChI=1S/C24H26F3N9O2/c1-13(2)20(25)16-10-29-18-5-4-15(32-36(16)18)14-6-9-35-21(14)22(28-3)31-23(33-35)30-17-7-8-34(19(38)11-37)12-24(17,26)27/h4-6,9-10,17,20,37H,1,7-8,11-12H2,2-3H3,(H2,28,30,31,33)/t17-,20?/m1/s1. The molecule has 0 radical (unpaired) electrons. The topological polar surface area (TPSA) is 125 Å². The molecule has 2 atom stereocenters. The summed E-state index contributed by atoms with van der Waals surface area (Å²) in [5.74, 6) is -3.67. The molecule has 0 aliphatic carbocycles. The number of hydrogen-bond donors (Lipinski definition) is 3. The van der Waals surface area contributed by atoms with Crippen LogP contribution in [0.4, 0.5) is 24.9 Å². The highest BCUT2D eigenvalue weighted by Crippen LogP contribution is 2.33. The van der Waals surface area contributed by atoms with E-state index in [1.165, 1.54) is 15.2 Å². The van der Waals surface area contributed by atoms with E-state index in [4.69, 9.17) is 5.11 Å². The Bertz CT molecular complexity index is 1530. The van der Waals surface area contributed by atoms with Gasteiger partial charge in [0, 0.05) is 25.4 Å². The van der Waals surface area contributed by atoms with E-state index < -0.39 is 37.2 Å². The maximum atomic E-state index is 14.8. The molecule has 1 aliphatic rings. The number of amides is 1. The van der Waals surface area contributed by atoms with E-state index in [0.717, 1.165) is 4.90 Å². The van der Waals surface area contributed by atoms with Gasteiger partial charge in [0.15, 0.2) is 17.6 Å². The molecule has 5 heterocycles. The van der Waals surface area contributed by atoms with Crippen LogP contribution in [0.15, 0.2) is 42.7 Å². The van der Waals surface area contributed by atoms with Gasteiger partial charge in [0.25, 0.3) is 5.92 Å². The maximum absolute atomic E-state index is 14.8. The third-order valence-electron chi connectivity index (χ3n) is 6.50. The van der Waals surface area contributed by atoms with E-state index in [0.29, 0.717) is 33.8 Å². The molecule has 1 aliphatic heterocycles. The summed E-state index contributed by atoms with van der Waals surface area (Å²) in [6, 6.07) is 3.89. The van der Waals surface area contributed by atoms with Crippen molar-refractivity contribution in [2.24, 2.45) is 0 Å². The van der Waals surface area contributed by atoms with E-state index in [-0.39, 0.29) is 24.6 Å². The number of allylic oxidation sites excluding steroid dienone is 1. The number of nitrogens with zero attached hydrogens (tertiary/aromatic N) is 7. The second-order valence-corrected chi connectivity index (χ2v) is 9.16. The van der Waals surface area contributed by atoms with Crippen LogP contribution in [0, 0.1) is 0 Å². The Kier molecular flexibility index (Phi) is 6.42. The van der Waals surface area contributed by atoms with Gasteiger partial charge in [0.2, 0.25) is 11.9 Å². The molecule has 3 N–H and O–H groups in total. The Hall–Kier alpha value is -4.20. The van der Waals surface area contributed by atoms with Gasteiger partial charge in [-0.15, -0.1) is 5.10 Å². The summed E-state index contributed by atoms with van der Waals surface area (Å²) in [7, 11) is 1.64. The summed E-state index contributed by atoms with van der Waals surface area (Å²) in [6.45, 7) is 3.70. The van der Waals surface area contributed by atoms with Crippen molar-refractivity contribution in [3.63, 3.8) is 0 Å². The third kappa shape index (κ3) is 4.40. The molecule has 4 aromatic rings. The molecule has 0 saturated carbocycles. The maximum Gasteiger partial charge on any atom is 0.285 e. The fourth-order valence-electron chi connectivity index (χ4n) is 4.51. The zero-order valence-corrected chi connectivity index (χ0v) is 20.7. The number of rotatable bonds is 7. The molecule has 38 heavy (non-hydrogen) atoms. The lowest BCUT2D eigenvalue weighted by Gasteiger charge is -2.38. The zero-order valence-electron chi connectivity index (χ0n) is 20.7. The van der Waals surface area contributed by atoms with Crippen LogP contribution in [-0.2, 0) is 4.79 Å². The minimum Gasteiger partial charge on any atom is -0.387 e. The summed E-state index contributed by atoms with van der Waals surface area (Å²) in [4.78, 5) is 21.2. The highest BCUT2D eigenvalue weighted by molar-refractivity contribution is 5.87. The molecular formula is C24H26F3N9O2. The molecular weight excluding hydrogens is 503 g/mol. The monoisotopic (exact) mass is 529 g/mol. The summed E-state index contributed by atoms with van der Waals surface area (Å²) < 4.78 is 47.2. The first-order valence-corrected chi connectivity index (χ1v) is 11.9. The predicted octanol–water partition coefficient (Wildman–Crippen LogP) is 2.71. The quantitative estimate of drug-likeness (QED) is 0.312. The largest absolute Gasteiger partial charge is 0.387 e. The van der Waals surface area contributed by atoms with Crippen LogP contribution in [0.1, 0.15) is 25.2 Å². The molecule has 1 fully saturated rings. The summed E-state index contributed by atoms with van der Waals surface area (Å²) in [5.41, 5.74) is 2.73. The molecule has 5 rings (SSSR count). The molecule has 0 bridgehead atoms. The van der Waals surface area contributed by atoms with Gasteiger partial charge in [-0.05, 0) is 37.1 Å². The van der Waals surface area contributed by atoms with Gasteiger partial charge in [-0.3, -0.25) is 4.79 Å². The van der Waals surface area contributed by atoms with Crippen molar-refractivity contribution in [1.82, 2.24) is 34.1 Å². The van der Waals surface area contributed by atoms with Gasteiger partial charge in [-0.25, -0.2) is 27.2 Å². The smallest absolute Gasteiger partial charge is 0.285 e. The normalized spacial score (nSPS) is 18.1. The minimum absolute atomic E-state index is 0.0300. The van der Waals surface area contributed by atoms with Crippen LogP contribution in [0.2, 0.25) is 0 Å². The number of carbonyl (C=O) groups excluding carboxylic acids is 1. The fraction of sp³-hybridized carbons (Fsp3) is 0.375. The lowest BCUT2D eigenvalue weighted by atomic mass is 10.0. The molecule has 4 aromatic heterocycles. The van der Waals surface area contributed by atoms with Crippen molar-refractivity contribution < 1.29 is 23.1 Å². The molecule has 11 nitrogen and oxygen atoms in total. The average Bonchev–Trinajstić information content (AvgIpc) is 3.52. The summed E-state index contributed by atoms with van der Waals surface area (Å²) in [5, 5.41) is 23.6. The number of hydrogen-bond acceptors (Lipinski definition) is 8. The van der Waals surface area contributed by atoms with Crippen molar-refractivity contribution in [2.45, 2.75) is 31.5 Å². The van der Waals surface area contributed by atoms with Crippen molar-refractivity contribution in [2.75, 3.05) is 37.4 Å². The van der Waals surface area contributed by atoms with Gasteiger partial charge in [-0.1, -0.05) is 6.58 Å². The number of piperidine rings is 1. The Labute approximate surface area is 215 Å². The number of likely N-dealkylation sites (tertiary alicyclic amines) is 1. The first kappa shape index (κ1) is 25.4. The van der Waals surface area contributed by atoms with Crippen LogP contribution in [0.25, 0.3) is 22.4 Å². The van der Waals surface area contributed by atoms with Crippen LogP contribution >= 0.6 is 0 Å². The Balaban J connectivity index is 1.48. The SMILES string of the molecule is C=C(C)C(F)c1cnc2ccc(-c3ccn4nc(N[C@@H]5CCN(C(=O)CO)CC5(F)F)nc(NC)c34)nn12. The van der Waals surface area contributed by atoms with Crippen molar-refractivity contribution in [1.29, 1.82) is 0 Å². The van der Waals surface area contributed by atoms with Crippen molar-refractivity contribution in [3.05, 3.63) is 48.4 Å². The lowest BCUT2D eigenvalue weighted by Crippen LogP contribution is -2.56. The van der Waals surface area contributed by atoms with Gasteiger partial charge < -0.3 is 20.6 Å². The number of alkyl halides is 3. The molecule has 14 heteroatoms. The number of carbonyl (C=O) groups is 1. The highest BCUT2D eigenvalue weighted by atomic mass is 19.3. The Morgan fingerprint density at radius 1 is 1.32 bits per heavy atom. The first-order valence-electron chi connectivity index (χ1n) is 11.9. The molecule has 1 saturated heterocycles. The van der Waals surface area contributed by atoms with Crippen LogP contribution in [0.3, 0.4) is 0 Å². The second-order valence-electron chi connectivity index (χ2n) is 9.16. The Morgan fingerprint density at radius 3 is 2.79 bits per heavy atom. The van der Waals surface area contributed by atoms with E-state index in [9.17, 15) is 18.0 Å². The highest BCUT2D eigenvalue weighted by Gasteiger charge is 2.46. The molecule has 1 amide bonds. The van der Waals surface area contributed by atoms with Gasteiger partial charge >= 0.3 is 0 Å². The van der Waals surface area contributed by atoms with Gasteiger partial charge in [0.05, 0.1) is 24.5 Å². The van der Waals surface area contributed by atoms with E-state index in [1.807, 2.05) is 0 Å². The average molecular weight is 530 g/mol.